The van der Waals surface area contributed by atoms with E-state index in [4.69, 9.17) is 5.73 Å². The van der Waals surface area contributed by atoms with Gasteiger partial charge in [-0.25, -0.2) is 0 Å². The minimum atomic E-state index is 0.513. The van der Waals surface area contributed by atoms with Gasteiger partial charge in [0.1, 0.15) is 0 Å². The number of anilines is 1. The Bertz CT molecular complexity index is 380. The minimum absolute atomic E-state index is 0.513. The van der Waals surface area contributed by atoms with Crippen molar-refractivity contribution in [2.24, 2.45) is 0 Å². The Morgan fingerprint density at radius 1 is 1.12 bits per heavy atom. The molecule has 0 aromatic heterocycles. The van der Waals surface area contributed by atoms with Gasteiger partial charge in [-0.1, -0.05) is 25.0 Å². The van der Waals surface area contributed by atoms with Crippen molar-refractivity contribution in [2.45, 2.75) is 50.6 Å². The third kappa shape index (κ3) is 1.71. The third-order valence-electron chi connectivity index (χ3n) is 4.07. The van der Waals surface area contributed by atoms with Crippen molar-refractivity contribution in [2.75, 3.05) is 5.73 Å². The van der Waals surface area contributed by atoms with Crippen LogP contribution >= 0.6 is 0 Å². The molecule has 0 heterocycles. The summed E-state index contributed by atoms with van der Waals surface area (Å²) in [6, 6.07) is 7.58. The number of benzene rings is 1. The van der Waals surface area contributed by atoms with Crippen molar-refractivity contribution < 1.29 is 0 Å². The van der Waals surface area contributed by atoms with E-state index in [9.17, 15) is 0 Å². The van der Waals surface area contributed by atoms with Gasteiger partial charge in [0.05, 0.1) is 0 Å². The Morgan fingerprint density at radius 3 is 2.75 bits per heavy atom. The lowest BCUT2D eigenvalue weighted by Gasteiger charge is -2.20. The van der Waals surface area contributed by atoms with Crippen LogP contribution in [0.5, 0.6) is 0 Å². The summed E-state index contributed by atoms with van der Waals surface area (Å²) in [6.07, 6.45) is 7.88. The zero-order valence-electron chi connectivity index (χ0n) is 9.71. The second-order valence-electron chi connectivity index (χ2n) is 5.16. The zero-order chi connectivity index (χ0) is 11.0. The highest BCUT2D eigenvalue weighted by molar-refractivity contribution is 5.54. The summed E-state index contributed by atoms with van der Waals surface area (Å²) in [5, 5.41) is 3.79. The molecule has 2 aliphatic rings. The quantitative estimate of drug-likeness (QED) is 0.746. The first-order valence-corrected chi connectivity index (χ1v) is 6.48. The van der Waals surface area contributed by atoms with Crippen LogP contribution in [-0.4, -0.2) is 6.04 Å². The molecular weight excluding hydrogens is 196 g/mol. The van der Waals surface area contributed by atoms with E-state index in [1.165, 1.54) is 49.7 Å². The van der Waals surface area contributed by atoms with Crippen LogP contribution in [0.3, 0.4) is 0 Å². The van der Waals surface area contributed by atoms with Crippen molar-refractivity contribution in [3.05, 3.63) is 29.3 Å². The van der Waals surface area contributed by atoms with E-state index < -0.39 is 0 Å². The second-order valence-corrected chi connectivity index (χ2v) is 5.16. The Morgan fingerprint density at radius 2 is 1.94 bits per heavy atom. The van der Waals surface area contributed by atoms with E-state index in [1.54, 1.807) is 0 Å². The molecule has 3 rings (SSSR count). The maximum Gasteiger partial charge on any atom is 0.0365 e. The van der Waals surface area contributed by atoms with Crippen molar-refractivity contribution in [1.82, 2.24) is 5.32 Å². The summed E-state index contributed by atoms with van der Waals surface area (Å²) in [5.41, 5.74) is 9.91. The van der Waals surface area contributed by atoms with E-state index >= 15 is 0 Å². The zero-order valence-corrected chi connectivity index (χ0v) is 9.71. The number of fused-ring (bicyclic) bond motifs is 1. The Kier molecular flexibility index (Phi) is 2.60. The largest absolute Gasteiger partial charge is 0.398 e. The van der Waals surface area contributed by atoms with E-state index in [-0.39, 0.29) is 0 Å². The van der Waals surface area contributed by atoms with Crippen LogP contribution in [0.25, 0.3) is 0 Å². The first kappa shape index (κ1) is 10.2. The predicted molar refractivity (Wildman–Crippen MR) is 67.3 cm³/mol. The van der Waals surface area contributed by atoms with Gasteiger partial charge in [-0.05, 0) is 42.9 Å². The molecule has 2 nitrogen and oxygen atoms in total. The van der Waals surface area contributed by atoms with Crippen LogP contribution in [0, 0.1) is 0 Å². The Hall–Kier alpha value is -1.02. The number of nitrogen functional groups attached to an aromatic ring is 1. The van der Waals surface area contributed by atoms with Crippen LogP contribution in [0.4, 0.5) is 5.69 Å². The molecule has 2 heteroatoms. The number of nitrogens with two attached hydrogens (primary N) is 1. The summed E-state index contributed by atoms with van der Waals surface area (Å²) >= 11 is 0. The molecule has 0 saturated heterocycles. The normalized spacial score (nSPS) is 24.9. The summed E-state index contributed by atoms with van der Waals surface area (Å²) in [6.45, 7) is 0. The maximum atomic E-state index is 6.10. The number of hydrogen-bond acceptors (Lipinski definition) is 2. The van der Waals surface area contributed by atoms with Crippen LogP contribution in [0.15, 0.2) is 18.2 Å². The van der Waals surface area contributed by atoms with E-state index in [1.807, 2.05) is 6.07 Å². The fraction of sp³-hybridized carbons (Fsp3) is 0.571. The van der Waals surface area contributed by atoms with Gasteiger partial charge < -0.3 is 11.1 Å². The molecular formula is C14H20N2. The molecule has 0 bridgehead atoms. The summed E-state index contributed by atoms with van der Waals surface area (Å²) in [5.74, 6) is 0. The highest BCUT2D eigenvalue weighted by Crippen LogP contribution is 2.36. The van der Waals surface area contributed by atoms with Gasteiger partial charge in [0.2, 0.25) is 0 Å². The minimum Gasteiger partial charge on any atom is -0.398 e. The second kappa shape index (κ2) is 4.10. The number of hydrogen-bond donors (Lipinski definition) is 2. The molecule has 1 unspecified atom stereocenters. The van der Waals surface area contributed by atoms with Gasteiger partial charge in [0, 0.05) is 17.8 Å². The van der Waals surface area contributed by atoms with E-state index in [2.05, 4.69) is 17.4 Å². The fourth-order valence-electron chi connectivity index (χ4n) is 3.26. The lowest BCUT2D eigenvalue weighted by molar-refractivity contribution is 0.438. The molecule has 1 saturated carbocycles. The molecule has 0 aliphatic heterocycles. The lowest BCUT2D eigenvalue weighted by atomic mass is 10.0. The summed E-state index contributed by atoms with van der Waals surface area (Å²) in [7, 11) is 0. The molecule has 0 amide bonds. The van der Waals surface area contributed by atoms with Gasteiger partial charge in [0.15, 0.2) is 0 Å². The monoisotopic (exact) mass is 216 g/mol. The van der Waals surface area contributed by atoms with Crippen molar-refractivity contribution in [1.29, 1.82) is 0 Å². The van der Waals surface area contributed by atoms with Gasteiger partial charge in [-0.15, -0.1) is 0 Å². The van der Waals surface area contributed by atoms with Crippen molar-refractivity contribution in [3.8, 4) is 0 Å². The topological polar surface area (TPSA) is 38.0 Å². The van der Waals surface area contributed by atoms with E-state index in [0.29, 0.717) is 6.04 Å². The molecule has 16 heavy (non-hydrogen) atoms. The number of aryl methyl sites for hydroxylation is 1. The molecule has 1 aromatic rings. The smallest absolute Gasteiger partial charge is 0.0365 e. The van der Waals surface area contributed by atoms with E-state index in [0.717, 1.165) is 11.7 Å². The van der Waals surface area contributed by atoms with Crippen LogP contribution in [0.2, 0.25) is 0 Å². The molecule has 0 radical (unpaired) electrons. The average Bonchev–Trinajstić information content (AvgIpc) is 2.90. The number of rotatable bonds is 2. The third-order valence-corrected chi connectivity index (χ3v) is 4.07. The molecule has 86 valence electrons. The lowest BCUT2D eigenvalue weighted by Crippen LogP contribution is -2.29. The highest BCUT2D eigenvalue weighted by atomic mass is 15.0. The first-order chi connectivity index (χ1) is 7.84. The van der Waals surface area contributed by atoms with Gasteiger partial charge in [-0.2, -0.15) is 0 Å². The average molecular weight is 216 g/mol. The highest BCUT2D eigenvalue weighted by Gasteiger charge is 2.27. The van der Waals surface area contributed by atoms with Crippen LogP contribution < -0.4 is 11.1 Å². The van der Waals surface area contributed by atoms with Gasteiger partial charge >= 0.3 is 0 Å². The van der Waals surface area contributed by atoms with Crippen molar-refractivity contribution >= 4 is 5.69 Å². The molecule has 1 atom stereocenters. The van der Waals surface area contributed by atoms with Crippen LogP contribution in [-0.2, 0) is 6.42 Å². The standard InChI is InChI=1S/C14H20N2/c15-12-7-3-4-10-8-9-13(14(10)12)16-11-5-1-2-6-11/h3-4,7,11,13,16H,1-2,5-6,8-9,15H2. The van der Waals surface area contributed by atoms with Crippen molar-refractivity contribution in [3.63, 3.8) is 0 Å². The van der Waals surface area contributed by atoms with Gasteiger partial charge in [0.25, 0.3) is 0 Å². The molecule has 2 aliphatic carbocycles. The summed E-state index contributed by atoms with van der Waals surface area (Å²) < 4.78 is 0. The molecule has 1 fully saturated rings. The number of nitrogens with one attached hydrogen (secondary N) is 1. The van der Waals surface area contributed by atoms with Crippen LogP contribution in [0.1, 0.15) is 49.3 Å². The molecule has 1 aromatic carbocycles. The van der Waals surface area contributed by atoms with Gasteiger partial charge in [-0.3, -0.25) is 0 Å². The summed E-state index contributed by atoms with van der Waals surface area (Å²) in [4.78, 5) is 0. The first-order valence-electron chi connectivity index (χ1n) is 6.48. The SMILES string of the molecule is Nc1cccc2c1C(NC1CCCC1)CC2. The molecule has 3 N–H and O–H groups in total. The molecule has 0 spiro atoms. The maximum absolute atomic E-state index is 6.10. The predicted octanol–water partition coefficient (Wildman–Crippen LogP) is 2.79. The fourth-order valence-corrected chi connectivity index (χ4v) is 3.26. The Labute approximate surface area is 97.2 Å². The Balaban J connectivity index is 1.79.